The summed E-state index contributed by atoms with van der Waals surface area (Å²) >= 11 is 0. The van der Waals surface area contributed by atoms with Gasteiger partial charge in [-0.1, -0.05) is 0 Å². The topological polar surface area (TPSA) is 101 Å². The monoisotopic (exact) mass is 430 g/mol. The molecule has 0 spiro atoms. The van der Waals surface area contributed by atoms with E-state index >= 15 is 0 Å². The predicted octanol–water partition coefficient (Wildman–Crippen LogP) is 3.68. The normalized spacial score (nSPS) is 13.9. The maximum atomic E-state index is 14.5. The molecule has 162 valence electrons. The Balaban J connectivity index is 1.55. The number of imidazole rings is 1. The highest BCUT2D eigenvalue weighted by Crippen LogP contribution is 2.26. The Kier molecular flexibility index (Phi) is 5.40. The van der Waals surface area contributed by atoms with Crippen molar-refractivity contribution in [2.24, 2.45) is 0 Å². The van der Waals surface area contributed by atoms with E-state index in [4.69, 9.17) is 4.74 Å². The lowest BCUT2D eigenvalue weighted by Gasteiger charge is -2.34. The minimum Gasteiger partial charge on any atom is -0.447 e. The van der Waals surface area contributed by atoms with Crippen molar-refractivity contribution < 1.29 is 23.1 Å². The van der Waals surface area contributed by atoms with Crippen LogP contribution in [0.3, 0.4) is 0 Å². The zero-order valence-corrected chi connectivity index (χ0v) is 16.8. The number of nitrogens with one attached hydrogen (secondary N) is 2. The van der Waals surface area contributed by atoms with Gasteiger partial charge in [0, 0.05) is 23.6 Å². The average molecular weight is 430 g/mol. The average Bonchev–Trinajstić information content (AvgIpc) is 3.09. The number of rotatable bonds is 4. The third-order valence-corrected chi connectivity index (χ3v) is 4.52. The van der Waals surface area contributed by atoms with E-state index in [0.717, 1.165) is 0 Å². The first-order valence-corrected chi connectivity index (χ1v) is 9.61. The van der Waals surface area contributed by atoms with Crippen LogP contribution in [0.4, 0.5) is 29.7 Å². The van der Waals surface area contributed by atoms with Gasteiger partial charge in [0.2, 0.25) is 5.78 Å². The first-order chi connectivity index (χ1) is 14.8. The number of carbonyl (C=O) groups is 2. The summed E-state index contributed by atoms with van der Waals surface area (Å²) in [6, 6.07) is 3.62. The minimum absolute atomic E-state index is 0.0407. The first kappa shape index (κ1) is 20.5. The van der Waals surface area contributed by atoms with Gasteiger partial charge in [0.1, 0.15) is 12.0 Å². The quantitative estimate of drug-likeness (QED) is 0.658. The number of hydrogen-bond acceptors (Lipinski definition) is 5. The summed E-state index contributed by atoms with van der Waals surface area (Å²) < 4.78 is 34.0. The van der Waals surface area contributed by atoms with Gasteiger partial charge in [-0.2, -0.15) is 0 Å². The molecular weight excluding hydrogens is 410 g/mol. The van der Waals surface area contributed by atoms with Gasteiger partial charge >= 0.3 is 12.1 Å². The molecule has 0 bridgehead atoms. The van der Waals surface area contributed by atoms with E-state index in [0.29, 0.717) is 17.2 Å². The predicted molar refractivity (Wildman–Crippen MR) is 109 cm³/mol. The van der Waals surface area contributed by atoms with Crippen LogP contribution in [-0.4, -0.2) is 56.8 Å². The molecule has 0 unspecified atom stereocenters. The van der Waals surface area contributed by atoms with Gasteiger partial charge < -0.3 is 15.0 Å². The molecule has 0 aliphatic carbocycles. The fourth-order valence-electron chi connectivity index (χ4n) is 3.03. The number of carbonyl (C=O) groups excluding carboxylic acids is 2. The van der Waals surface area contributed by atoms with E-state index in [9.17, 15) is 18.4 Å². The number of benzene rings is 1. The van der Waals surface area contributed by atoms with E-state index < -0.39 is 24.1 Å². The number of halogens is 2. The SMILES string of the molecule is CC(C)OC(=O)Nc1cnc2nc(-c3cc(NC(=O)N4CC(F)C4)ccc3F)cn2c1. The lowest BCUT2D eigenvalue weighted by molar-refractivity contribution is 0.0974. The van der Waals surface area contributed by atoms with Crippen molar-refractivity contribution in [3.05, 3.63) is 42.6 Å². The molecule has 3 heterocycles. The number of ether oxygens (including phenoxy) is 1. The summed E-state index contributed by atoms with van der Waals surface area (Å²) in [7, 11) is 0. The smallest absolute Gasteiger partial charge is 0.411 e. The van der Waals surface area contributed by atoms with Gasteiger partial charge in [0.05, 0.1) is 36.8 Å². The summed E-state index contributed by atoms with van der Waals surface area (Å²) in [6.07, 6.45) is 2.63. The molecule has 1 saturated heterocycles. The lowest BCUT2D eigenvalue weighted by Crippen LogP contribution is -2.53. The zero-order valence-electron chi connectivity index (χ0n) is 16.8. The van der Waals surface area contributed by atoms with E-state index in [1.807, 2.05) is 0 Å². The van der Waals surface area contributed by atoms with E-state index in [1.54, 1.807) is 26.2 Å². The second-order valence-corrected chi connectivity index (χ2v) is 7.38. The number of amides is 3. The van der Waals surface area contributed by atoms with Crippen LogP contribution >= 0.6 is 0 Å². The van der Waals surface area contributed by atoms with Crippen molar-refractivity contribution >= 4 is 29.3 Å². The third kappa shape index (κ3) is 4.55. The van der Waals surface area contributed by atoms with E-state index in [-0.39, 0.29) is 30.5 Å². The second kappa shape index (κ2) is 8.17. The van der Waals surface area contributed by atoms with Crippen LogP contribution in [0.25, 0.3) is 17.0 Å². The highest BCUT2D eigenvalue weighted by molar-refractivity contribution is 5.90. The Morgan fingerprint density at radius 3 is 2.68 bits per heavy atom. The first-order valence-electron chi connectivity index (χ1n) is 9.61. The molecule has 3 amide bonds. The zero-order chi connectivity index (χ0) is 22.1. The summed E-state index contributed by atoms with van der Waals surface area (Å²) in [5.74, 6) is -0.241. The number of aromatic nitrogens is 3. The summed E-state index contributed by atoms with van der Waals surface area (Å²) in [5, 5.41) is 5.18. The molecule has 0 saturated carbocycles. The minimum atomic E-state index is -1.01. The Morgan fingerprint density at radius 2 is 1.97 bits per heavy atom. The van der Waals surface area contributed by atoms with E-state index in [2.05, 4.69) is 20.6 Å². The molecule has 1 aromatic carbocycles. The molecule has 0 radical (unpaired) electrons. The number of anilines is 2. The van der Waals surface area contributed by atoms with Crippen LogP contribution in [0.15, 0.2) is 36.8 Å². The van der Waals surface area contributed by atoms with Crippen molar-refractivity contribution in [1.29, 1.82) is 0 Å². The van der Waals surface area contributed by atoms with Crippen LogP contribution in [0.2, 0.25) is 0 Å². The number of fused-ring (bicyclic) bond motifs is 1. The molecule has 1 aliphatic rings. The Hall–Kier alpha value is -3.76. The molecule has 1 fully saturated rings. The molecular formula is C20H20F2N6O3. The largest absolute Gasteiger partial charge is 0.447 e. The maximum Gasteiger partial charge on any atom is 0.411 e. The van der Waals surface area contributed by atoms with Gasteiger partial charge in [-0.15, -0.1) is 0 Å². The van der Waals surface area contributed by atoms with Crippen molar-refractivity contribution in [1.82, 2.24) is 19.3 Å². The Morgan fingerprint density at radius 1 is 1.19 bits per heavy atom. The van der Waals surface area contributed by atoms with Gasteiger partial charge in [-0.05, 0) is 32.0 Å². The highest BCUT2D eigenvalue weighted by Gasteiger charge is 2.30. The van der Waals surface area contributed by atoms with Crippen molar-refractivity contribution in [3.63, 3.8) is 0 Å². The molecule has 2 N–H and O–H groups in total. The molecule has 0 atom stereocenters. The number of likely N-dealkylation sites (tertiary alicyclic amines) is 1. The van der Waals surface area contributed by atoms with Crippen LogP contribution in [0.1, 0.15) is 13.8 Å². The van der Waals surface area contributed by atoms with Crippen molar-refractivity contribution in [3.8, 4) is 11.3 Å². The van der Waals surface area contributed by atoms with Gasteiger partial charge in [0.15, 0.2) is 0 Å². The standard InChI is InChI=1S/C20H20F2N6O3/c1-11(2)31-20(30)25-14-6-23-18-26-17(10-27(18)9-14)15-5-13(3-4-16(15)22)24-19(29)28-7-12(21)8-28/h3-6,9-12H,7-8H2,1-2H3,(H,24,29)(H,25,30). The fraction of sp³-hybridized carbons (Fsp3) is 0.300. The van der Waals surface area contributed by atoms with Gasteiger partial charge in [-0.3, -0.25) is 9.72 Å². The van der Waals surface area contributed by atoms with Crippen molar-refractivity contribution in [2.75, 3.05) is 23.7 Å². The van der Waals surface area contributed by atoms with Crippen LogP contribution < -0.4 is 10.6 Å². The lowest BCUT2D eigenvalue weighted by atomic mass is 10.1. The summed E-state index contributed by atoms with van der Waals surface area (Å²) in [5.41, 5.74) is 1.18. The van der Waals surface area contributed by atoms with Crippen LogP contribution in [-0.2, 0) is 4.74 Å². The number of hydrogen-bond donors (Lipinski definition) is 2. The van der Waals surface area contributed by atoms with E-state index in [1.165, 1.54) is 33.7 Å². The Bertz CT molecular complexity index is 1140. The van der Waals surface area contributed by atoms with Gasteiger partial charge in [-0.25, -0.2) is 28.3 Å². The molecule has 3 aromatic rings. The molecule has 1 aliphatic heterocycles. The van der Waals surface area contributed by atoms with Crippen molar-refractivity contribution in [2.45, 2.75) is 26.1 Å². The molecule has 2 aromatic heterocycles. The molecule has 31 heavy (non-hydrogen) atoms. The third-order valence-electron chi connectivity index (χ3n) is 4.52. The summed E-state index contributed by atoms with van der Waals surface area (Å²) in [4.78, 5) is 33.6. The van der Waals surface area contributed by atoms with Crippen LogP contribution in [0.5, 0.6) is 0 Å². The highest BCUT2D eigenvalue weighted by atomic mass is 19.1. The Labute approximate surface area is 176 Å². The maximum absolute atomic E-state index is 14.5. The number of urea groups is 1. The fourth-order valence-corrected chi connectivity index (χ4v) is 3.03. The molecule has 11 heteroatoms. The molecule has 4 rings (SSSR count). The van der Waals surface area contributed by atoms with Gasteiger partial charge in [0.25, 0.3) is 0 Å². The van der Waals surface area contributed by atoms with Crippen LogP contribution in [0, 0.1) is 5.82 Å². The number of alkyl halides is 1. The molecule has 9 nitrogen and oxygen atoms in total. The second-order valence-electron chi connectivity index (χ2n) is 7.38. The summed E-state index contributed by atoms with van der Waals surface area (Å²) in [6.45, 7) is 3.54. The number of nitrogens with zero attached hydrogens (tertiary/aromatic N) is 4.